The number of amides is 1. The van der Waals surface area contributed by atoms with Gasteiger partial charge in [-0.15, -0.1) is 11.3 Å². The number of nitrogens with zero attached hydrogens (tertiary/aromatic N) is 2. The van der Waals surface area contributed by atoms with Crippen LogP contribution < -0.4 is 5.32 Å². The molecule has 1 heterocycles. The maximum Gasteiger partial charge on any atom is 0.416 e. The molecule has 10 heteroatoms. The Bertz CT molecular complexity index is 717. The molecule has 1 aromatic carbocycles. The van der Waals surface area contributed by atoms with Crippen LogP contribution in [0.15, 0.2) is 29.1 Å². The van der Waals surface area contributed by atoms with E-state index < -0.39 is 33.8 Å². The lowest BCUT2D eigenvalue weighted by Crippen LogP contribution is -2.26. The van der Waals surface area contributed by atoms with Crippen LogP contribution in [0, 0.1) is 10.1 Å². The number of benzene rings is 1. The van der Waals surface area contributed by atoms with E-state index in [1.165, 1.54) is 11.3 Å². The van der Waals surface area contributed by atoms with Crippen molar-refractivity contribution in [1.29, 1.82) is 0 Å². The highest BCUT2D eigenvalue weighted by Gasteiger charge is 2.33. The van der Waals surface area contributed by atoms with Gasteiger partial charge in [0.25, 0.3) is 11.6 Å². The number of halogens is 3. The Morgan fingerprint density at radius 3 is 2.70 bits per heavy atom. The van der Waals surface area contributed by atoms with Crippen LogP contribution >= 0.6 is 11.3 Å². The number of hydrogen-bond acceptors (Lipinski definition) is 5. The zero-order valence-corrected chi connectivity index (χ0v) is 12.3. The molecule has 2 aromatic rings. The molecular formula is C13H10F3N3O3S. The van der Waals surface area contributed by atoms with E-state index >= 15 is 0 Å². The van der Waals surface area contributed by atoms with Crippen molar-refractivity contribution in [2.45, 2.75) is 12.6 Å². The molecule has 1 amide bonds. The van der Waals surface area contributed by atoms with Crippen LogP contribution in [-0.2, 0) is 12.6 Å². The fourth-order valence-corrected chi connectivity index (χ4v) is 2.40. The van der Waals surface area contributed by atoms with Crippen molar-refractivity contribution in [3.63, 3.8) is 0 Å². The number of thiazole rings is 1. The number of rotatable bonds is 5. The number of alkyl halides is 3. The topological polar surface area (TPSA) is 85.1 Å². The van der Waals surface area contributed by atoms with E-state index in [1.54, 1.807) is 10.9 Å². The number of carbonyl (C=O) groups is 1. The van der Waals surface area contributed by atoms with Gasteiger partial charge in [-0.25, -0.2) is 4.98 Å². The SMILES string of the molecule is O=C(NCCc1cscn1)c1ccc(C(F)(F)F)cc1[N+](=O)[O-]. The molecule has 1 aromatic heterocycles. The minimum atomic E-state index is -4.72. The molecule has 23 heavy (non-hydrogen) atoms. The van der Waals surface area contributed by atoms with Gasteiger partial charge in [-0.1, -0.05) is 0 Å². The van der Waals surface area contributed by atoms with Gasteiger partial charge in [-0.2, -0.15) is 13.2 Å². The molecule has 0 saturated heterocycles. The Morgan fingerprint density at radius 1 is 1.39 bits per heavy atom. The predicted molar refractivity (Wildman–Crippen MR) is 76.2 cm³/mol. The van der Waals surface area contributed by atoms with Crippen LogP contribution in [0.3, 0.4) is 0 Å². The van der Waals surface area contributed by atoms with Gasteiger partial charge in [0.1, 0.15) is 5.56 Å². The number of nitro benzene ring substituents is 1. The third-order valence-electron chi connectivity index (χ3n) is 2.92. The monoisotopic (exact) mass is 345 g/mol. The second-order valence-corrected chi connectivity index (χ2v) is 5.19. The van der Waals surface area contributed by atoms with E-state index in [-0.39, 0.29) is 6.54 Å². The maximum absolute atomic E-state index is 12.6. The Hall–Kier alpha value is -2.49. The number of nitrogens with one attached hydrogen (secondary N) is 1. The van der Waals surface area contributed by atoms with Gasteiger partial charge in [-0.05, 0) is 12.1 Å². The van der Waals surface area contributed by atoms with Crippen LogP contribution in [0.1, 0.15) is 21.6 Å². The molecule has 0 aliphatic heterocycles. The molecule has 0 bridgehead atoms. The molecular weight excluding hydrogens is 335 g/mol. The van der Waals surface area contributed by atoms with Crippen LogP contribution in [-0.4, -0.2) is 22.4 Å². The first kappa shape index (κ1) is 16.9. The van der Waals surface area contributed by atoms with Gasteiger partial charge in [-0.3, -0.25) is 14.9 Å². The summed E-state index contributed by atoms with van der Waals surface area (Å²) in [6.45, 7) is 0.167. The van der Waals surface area contributed by atoms with Gasteiger partial charge in [0.05, 0.1) is 21.7 Å². The summed E-state index contributed by atoms with van der Waals surface area (Å²) < 4.78 is 37.8. The summed E-state index contributed by atoms with van der Waals surface area (Å²) in [5.41, 5.74) is -0.106. The highest BCUT2D eigenvalue weighted by Crippen LogP contribution is 2.32. The Labute approximate surface area is 132 Å². The summed E-state index contributed by atoms with van der Waals surface area (Å²) >= 11 is 1.39. The number of aromatic nitrogens is 1. The van der Waals surface area contributed by atoms with Crippen molar-refractivity contribution in [3.8, 4) is 0 Å². The zero-order chi connectivity index (χ0) is 17.0. The fourth-order valence-electron chi connectivity index (χ4n) is 1.81. The lowest BCUT2D eigenvalue weighted by molar-refractivity contribution is -0.385. The zero-order valence-electron chi connectivity index (χ0n) is 11.5. The molecule has 0 fully saturated rings. The smallest absolute Gasteiger partial charge is 0.351 e. The van der Waals surface area contributed by atoms with Gasteiger partial charge in [0.15, 0.2) is 0 Å². The summed E-state index contributed by atoms with van der Waals surface area (Å²) in [7, 11) is 0. The van der Waals surface area contributed by atoms with E-state index in [4.69, 9.17) is 0 Å². The van der Waals surface area contributed by atoms with E-state index in [2.05, 4.69) is 10.3 Å². The molecule has 0 spiro atoms. The third-order valence-corrected chi connectivity index (χ3v) is 3.55. The fraction of sp³-hybridized carbons (Fsp3) is 0.231. The van der Waals surface area contributed by atoms with E-state index in [0.29, 0.717) is 18.6 Å². The van der Waals surface area contributed by atoms with Gasteiger partial charge in [0, 0.05) is 24.4 Å². The van der Waals surface area contributed by atoms with E-state index in [9.17, 15) is 28.1 Å². The Balaban J connectivity index is 2.14. The van der Waals surface area contributed by atoms with E-state index in [0.717, 1.165) is 11.8 Å². The average molecular weight is 345 g/mol. The summed E-state index contributed by atoms with van der Waals surface area (Å²) in [6.07, 6.45) is -4.30. The van der Waals surface area contributed by atoms with Crippen LogP contribution in [0.25, 0.3) is 0 Å². The van der Waals surface area contributed by atoms with Crippen molar-refractivity contribution in [1.82, 2.24) is 10.3 Å². The molecule has 122 valence electrons. The molecule has 6 nitrogen and oxygen atoms in total. The van der Waals surface area contributed by atoms with Gasteiger partial charge < -0.3 is 5.32 Å². The average Bonchev–Trinajstić information content (AvgIpc) is 2.98. The third kappa shape index (κ3) is 4.25. The van der Waals surface area contributed by atoms with Crippen LogP contribution in [0.2, 0.25) is 0 Å². The number of carbonyl (C=O) groups excluding carboxylic acids is 1. The molecule has 1 N–H and O–H groups in total. The maximum atomic E-state index is 12.6. The normalized spacial score (nSPS) is 11.3. The molecule has 0 radical (unpaired) electrons. The molecule has 0 unspecified atom stereocenters. The summed E-state index contributed by atoms with van der Waals surface area (Å²) in [6, 6.07) is 1.80. The number of nitro groups is 1. The molecule has 0 aliphatic carbocycles. The van der Waals surface area contributed by atoms with Gasteiger partial charge >= 0.3 is 6.18 Å². The summed E-state index contributed by atoms with van der Waals surface area (Å²) in [5, 5.41) is 15.1. The molecule has 0 atom stereocenters. The standard InChI is InChI=1S/C13H10F3N3O3S/c14-13(15,16)8-1-2-10(11(5-8)19(21)22)12(20)17-4-3-9-6-23-7-18-9/h1-2,5-7H,3-4H2,(H,17,20). The number of hydrogen-bond donors (Lipinski definition) is 1. The van der Waals surface area contributed by atoms with E-state index in [1.807, 2.05) is 0 Å². The van der Waals surface area contributed by atoms with Crippen LogP contribution in [0.5, 0.6) is 0 Å². The molecule has 0 saturated carbocycles. The van der Waals surface area contributed by atoms with Crippen molar-refractivity contribution < 1.29 is 22.9 Å². The van der Waals surface area contributed by atoms with Crippen molar-refractivity contribution in [2.75, 3.05) is 6.54 Å². The second kappa shape index (κ2) is 6.73. The highest BCUT2D eigenvalue weighted by molar-refractivity contribution is 7.07. The van der Waals surface area contributed by atoms with Gasteiger partial charge in [0.2, 0.25) is 0 Å². The second-order valence-electron chi connectivity index (χ2n) is 4.47. The molecule has 0 aliphatic rings. The molecule has 2 rings (SSSR count). The van der Waals surface area contributed by atoms with Crippen LogP contribution in [0.4, 0.5) is 18.9 Å². The minimum Gasteiger partial charge on any atom is -0.351 e. The van der Waals surface area contributed by atoms with Crippen molar-refractivity contribution in [3.05, 3.63) is 56.0 Å². The van der Waals surface area contributed by atoms with Crippen molar-refractivity contribution >= 4 is 22.9 Å². The first-order valence-corrected chi connectivity index (χ1v) is 7.24. The Kier molecular flexibility index (Phi) is 4.94. The lowest BCUT2D eigenvalue weighted by Gasteiger charge is -2.09. The summed E-state index contributed by atoms with van der Waals surface area (Å²) in [5.74, 6) is -0.805. The minimum absolute atomic E-state index is 0.167. The first-order valence-electron chi connectivity index (χ1n) is 6.30. The summed E-state index contributed by atoms with van der Waals surface area (Å²) in [4.78, 5) is 25.9. The largest absolute Gasteiger partial charge is 0.416 e. The Morgan fingerprint density at radius 2 is 2.13 bits per heavy atom. The lowest BCUT2D eigenvalue weighted by atomic mass is 10.1. The highest BCUT2D eigenvalue weighted by atomic mass is 32.1. The van der Waals surface area contributed by atoms with Crippen molar-refractivity contribution in [2.24, 2.45) is 0 Å². The first-order chi connectivity index (χ1) is 10.8. The quantitative estimate of drug-likeness (QED) is 0.667. The predicted octanol–water partition coefficient (Wildman–Crippen LogP) is 3.04.